The van der Waals surface area contributed by atoms with Gasteiger partial charge in [-0.15, -0.1) is 11.3 Å². The fourth-order valence-electron chi connectivity index (χ4n) is 1.17. The highest BCUT2D eigenvalue weighted by Crippen LogP contribution is 2.15. The lowest BCUT2D eigenvalue weighted by atomic mass is 10.3. The van der Waals surface area contributed by atoms with Gasteiger partial charge in [0.05, 0.1) is 11.9 Å². The third kappa shape index (κ3) is 1.32. The number of aromatic nitrogens is 2. The zero-order valence-electron chi connectivity index (χ0n) is 6.95. The molecule has 0 aliphatic heterocycles. The van der Waals surface area contributed by atoms with Crippen molar-refractivity contribution in [1.29, 1.82) is 0 Å². The number of aryl methyl sites for hydroxylation is 1. The van der Waals surface area contributed by atoms with Crippen LogP contribution in [0.1, 0.15) is 19.0 Å². The van der Waals surface area contributed by atoms with E-state index < -0.39 is 0 Å². The van der Waals surface area contributed by atoms with Crippen molar-refractivity contribution in [2.75, 3.05) is 0 Å². The molecule has 3 heteroatoms. The SMILES string of the molecule is CCCc1cnc2sccc2n1. The van der Waals surface area contributed by atoms with Crippen LogP contribution >= 0.6 is 11.3 Å². The van der Waals surface area contributed by atoms with Gasteiger partial charge >= 0.3 is 0 Å². The van der Waals surface area contributed by atoms with Gasteiger partial charge in [0, 0.05) is 0 Å². The lowest BCUT2D eigenvalue weighted by Gasteiger charge is -1.95. The molecule has 0 spiro atoms. The summed E-state index contributed by atoms with van der Waals surface area (Å²) in [5, 5.41) is 2.03. The van der Waals surface area contributed by atoms with E-state index in [-0.39, 0.29) is 0 Å². The molecule has 0 N–H and O–H groups in total. The smallest absolute Gasteiger partial charge is 0.141 e. The van der Waals surface area contributed by atoms with Crippen molar-refractivity contribution in [3.05, 3.63) is 23.3 Å². The first-order chi connectivity index (χ1) is 5.90. The van der Waals surface area contributed by atoms with Crippen LogP contribution in [-0.2, 0) is 6.42 Å². The molecule has 0 bridgehead atoms. The van der Waals surface area contributed by atoms with Crippen LogP contribution in [0.2, 0.25) is 0 Å². The predicted molar refractivity (Wildman–Crippen MR) is 51.4 cm³/mol. The third-order valence-corrected chi connectivity index (χ3v) is 2.54. The second kappa shape index (κ2) is 3.19. The topological polar surface area (TPSA) is 25.8 Å². The van der Waals surface area contributed by atoms with Gasteiger partial charge in [0.2, 0.25) is 0 Å². The molecule has 0 unspecified atom stereocenters. The molecule has 2 heterocycles. The van der Waals surface area contributed by atoms with Gasteiger partial charge in [-0.3, -0.25) is 0 Å². The van der Waals surface area contributed by atoms with Crippen molar-refractivity contribution in [3.8, 4) is 0 Å². The normalized spacial score (nSPS) is 10.8. The summed E-state index contributed by atoms with van der Waals surface area (Å²) in [7, 11) is 0. The predicted octanol–water partition coefficient (Wildman–Crippen LogP) is 2.64. The molecule has 2 aromatic heterocycles. The first-order valence-electron chi connectivity index (χ1n) is 4.09. The molecule has 0 atom stereocenters. The maximum absolute atomic E-state index is 4.47. The Balaban J connectivity index is 2.46. The van der Waals surface area contributed by atoms with E-state index in [9.17, 15) is 0 Å². The maximum atomic E-state index is 4.47. The standard InChI is InChI=1S/C9H10N2S/c1-2-3-7-6-10-9-8(11-7)4-5-12-9/h4-6H,2-3H2,1H3. The van der Waals surface area contributed by atoms with Crippen molar-refractivity contribution in [1.82, 2.24) is 9.97 Å². The van der Waals surface area contributed by atoms with Gasteiger partial charge in [0.1, 0.15) is 10.3 Å². The van der Waals surface area contributed by atoms with Crippen molar-refractivity contribution >= 4 is 21.7 Å². The molecule has 2 nitrogen and oxygen atoms in total. The first-order valence-corrected chi connectivity index (χ1v) is 4.97. The Labute approximate surface area is 75.3 Å². The van der Waals surface area contributed by atoms with Crippen LogP contribution in [-0.4, -0.2) is 9.97 Å². The van der Waals surface area contributed by atoms with Crippen LogP contribution in [0, 0.1) is 0 Å². The zero-order chi connectivity index (χ0) is 8.39. The highest BCUT2D eigenvalue weighted by Gasteiger charge is 1.98. The minimum Gasteiger partial charge on any atom is -0.249 e. The summed E-state index contributed by atoms with van der Waals surface area (Å²) >= 11 is 1.64. The van der Waals surface area contributed by atoms with Crippen molar-refractivity contribution in [2.45, 2.75) is 19.8 Å². The Morgan fingerprint density at radius 2 is 2.42 bits per heavy atom. The average Bonchev–Trinajstić information content (AvgIpc) is 2.51. The van der Waals surface area contributed by atoms with E-state index in [0.717, 1.165) is 28.9 Å². The van der Waals surface area contributed by atoms with Crippen LogP contribution in [0.15, 0.2) is 17.6 Å². The van der Waals surface area contributed by atoms with Crippen molar-refractivity contribution in [2.24, 2.45) is 0 Å². The average molecular weight is 178 g/mol. The number of nitrogens with zero attached hydrogens (tertiary/aromatic N) is 2. The molecule has 0 aliphatic rings. The summed E-state index contributed by atoms with van der Waals surface area (Å²) in [6, 6.07) is 2.02. The number of thiophene rings is 1. The first kappa shape index (κ1) is 7.68. The molecule has 0 amide bonds. The summed E-state index contributed by atoms with van der Waals surface area (Å²) in [5.74, 6) is 0. The fourth-order valence-corrected chi connectivity index (χ4v) is 1.84. The second-order valence-corrected chi connectivity index (χ2v) is 3.62. The summed E-state index contributed by atoms with van der Waals surface area (Å²) in [6.45, 7) is 2.15. The minimum absolute atomic E-state index is 1.03. The number of fused-ring (bicyclic) bond motifs is 1. The van der Waals surface area contributed by atoms with Crippen LogP contribution in [0.5, 0.6) is 0 Å². The van der Waals surface area contributed by atoms with E-state index in [1.165, 1.54) is 0 Å². The summed E-state index contributed by atoms with van der Waals surface area (Å²) in [5.41, 5.74) is 2.13. The number of hydrogen-bond donors (Lipinski definition) is 0. The molecule has 12 heavy (non-hydrogen) atoms. The van der Waals surface area contributed by atoms with Gasteiger partial charge < -0.3 is 0 Å². The van der Waals surface area contributed by atoms with Gasteiger partial charge in [0.15, 0.2) is 0 Å². The van der Waals surface area contributed by atoms with E-state index in [1.807, 2.05) is 17.6 Å². The van der Waals surface area contributed by atoms with Crippen molar-refractivity contribution < 1.29 is 0 Å². The molecular formula is C9H10N2S. The molecule has 0 saturated carbocycles. The monoisotopic (exact) mass is 178 g/mol. The Morgan fingerprint density at radius 1 is 1.50 bits per heavy atom. The van der Waals surface area contributed by atoms with Gasteiger partial charge in [-0.05, 0) is 17.9 Å². The van der Waals surface area contributed by atoms with Gasteiger partial charge in [-0.2, -0.15) is 0 Å². The van der Waals surface area contributed by atoms with Crippen LogP contribution in [0.25, 0.3) is 10.3 Å². The molecule has 0 saturated heterocycles. The Hall–Kier alpha value is -0.960. The number of hydrogen-bond acceptors (Lipinski definition) is 3. The van der Waals surface area contributed by atoms with Gasteiger partial charge in [-0.25, -0.2) is 9.97 Å². The minimum atomic E-state index is 1.03. The Kier molecular flexibility index (Phi) is 2.04. The van der Waals surface area contributed by atoms with E-state index in [2.05, 4.69) is 16.9 Å². The Bertz CT molecular complexity index is 381. The quantitative estimate of drug-likeness (QED) is 0.706. The number of rotatable bonds is 2. The second-order valence-electron chi connectivity index (χ2n) is 2.72. The van der Waals surface area contributed by atoms with E-state index in [0.29, 0.717) is 0 Å². The summed E-state index contributed by atoms with van der Waals surface area (Å²) in [4.78, 5) is 9.83. The largest absolute Gasteiger partial charge is 0.249 e. The molecular weight excluding hydrogens is 168 g/mol. The highest BCUT2D eigenvalue weighted by molar-refractivity contribution is 7.16. The molecule has 2 rings (SSSR count). The van der Waals surface area contributed by atoms with E-state index in [4.69, 9.17) is 0 Å². The maximum Gasteiger partial charge on any atom is 0.141 e. The van der Waals surface area contributed by atoms with E-state index >= 15 is 0 Å². The highest BCUT2D eigenvalue weighted by atomic mass is 32.1. The van der Waals surface area contributed by atoms with E-state index in [1.54, 1.807) is 11.3 Å². The summed E-state index contributed by atoms with van der Waals surface area (Å²) in [6.07, 6.45) is 4.03. The van der Waals surface area contributed by atoms with Gasteiger partial charge in [0.25, 0.3) is 0 Å². The molecule has 0 fully saturated rings. The van der Waals surface area contributed by atoms with Crippen LogP contribution in [0.4, 0.5) is 0 Å². The lowest BCUT2D eigenvalue weighted by molar-refractivity contribution is 0.882. The molecule has 62 valence electrons. The van der Waals surface area contributed by atoms with Crippen LogP contribution < -0.4 is 0 Å². The fraction of sp³-hybridized carbons (Fsp3) is 0.333. The molecule has 0 aliphatic carbocycles. The van der Waals surface area contributed by atoms with Crippen molar-refractivity contribution in [3.63, 3.8) is 0 Å². The third-order valence-electron chi connectivity index (χ3n) is 1.73. The lowest BCUT2D eigenvalue weighted by Crippen LogP contribution is -1.89. The zero-order valence-corrected chi connectivity index (χ0v) is 7.77. The van der Waals surface area contributed by atoms with Crippen LogP contribution in [0.3, 0.4) is 0 Å². The molecule has 0 radical (unpaired) electrons. The molecule has 2 aromatic rings. The summed E-state index contributed by atoms with van der Waals surface area (Å²) < 4.78 is 0. The molecule has 0 aromatic carbocycles. The Morgan fingerprint density at radius 3 is 3.25 bits per heavy atom. The van der Waals surface area contributed by atoms with Gasteiger partial charge in [-0.1, -0.05) is 13.3 Å².